The van der Waals surface area contributed by atoms with Crippen molar-refractivity contribution in [3.05, 3.63) is 11.3 Å². The summed E-state index contributed by atoms with van der Waals surface area (Å²) in [7, 11) is -0.784. The smallest absolute Gasteiger partial charge is 0.259 e. The van der Waals surface area contributed by atoms with E-state index in [-0.39, 0.29) is 11.7 Å². The molecule has 1 fully saturated rings. The molecular formula is C9H14N4O2S. The van der Waals surface area contributed by atoms with Crippen LogP contribution in [0.1, 0.15) is 16.1 Å². The van der Waals surface area contributed by atoms with Crippen LogP contribution in [0.2, 0.25) is 0 Å². The molecule has 88 valence electrons. The Bertz CT molecular complexity index is 413. The Morgan fingerprint density at radius 2 is 2.12 bits per heavy atom. The molecule has 1 aromatic rings. The van der Waals surface area contributed by atoms with Gasteiger partial charge in [-0.1, -0.05) is 0 Å². The van der Waals surface area contributed by atoms with Gasteiger partial charge in [0.25, 0.3) is 5.91 Å². The fraction of sp³-hybridized carbons (Fsp3) is 0.556. The summed E-state index contributed by atoms with van der Waals surface area (Å²) in [6.07, 6.45) is 0. The van der Waals surface area contributed by atoms with E-state index in [1.807, 2.05) is 0 Å². The number of nitrogens with two attached hydrogens (primary N) is 1. The molecule has 16 heavy (non-hydrogen) atoms. The van der Waals surface area contributed by atoms with Crippen LogP contribution in [0.5, 0.6) is 0 Å². The number of nitrogen functional groups attached to an aromatic ring is 1. The van der Waals surface area contributed by atoms with Gasteiger partial charge in [0, 0.05) is 41.1 Å². The number of nitrogens with one attached hydrogen (secondary N) is 1. The van der Waals surface area contributed by atoms with Crippen LogP contribution in [0.3, 0.4) is 0 Å². The second-order valence-electron chi connectivity index (χ2n) is 3.75. The molecule has 1 amide bonds. The summed E-state index contributed by atoms with van der Waals surface area (Å²) in [5.41, 5.74) is 6.74. The van der Waals surface area contributed by atoms with Gasteiger partial charge in [0.15, 0.2) is 5.82 Å². The minimum absolute atomic E-state index is 0.125. The molecule has 0 atom stereocenters. The molecule has 0 saturated carbocycles. The van der Waals surface area contributed by atoms with Crippen LogP contribution >= 0.6 is 0 Å². The standard InChI is InChI=1S/C9H14N4O2S/c1-6-7(8(10)12-11-6)9(14)13-2-4-16(15)5-3-13/h2-5H2,1H3,(H3,10,11,12). The van der Waals surface area contributed by atoms with Gasteiger partial charge < -0.3 is 10.6 Å². The average Bonchev–Trinajstić information content (AvgIpc) is 2.59. The highest BCUT2D eigenvalue weighted by molar-refractivity contribution is 7.85. The van der Waals surface area contributed by atoms with E-state index in [1.165, 1.54) is 0 Å². The molecule has 1 aliphatic heterocycles. The SMILES string of the molecule is Cc1[nH]nc(N)c1C(=O)N1CCS(=O)CC1. The minimum atomic E-state index is -0.784. The number of rotatable bonds is 1. The van der Waals surface area contributed by atoms with E-state index in [4.69, 9.17) is 5.73 Å². The van der Waals surface area contributed by atoms with Crippen LogP contribution in [0.15, 0.2) is 0 Å². The number of nitrogens with zero attached hydrogens (tertiary/aromatic N) is 2. The number of aromatic nitrogens is 2. The van der Waals surface area contributed by atoms with Gasteiger partial charge in [0.2, 0.25) is 0 Å². The van der Waals surface area contributed by atoms with E-state index in [0.29, 0.717) is 35.9 Å². The van der Waals surface area contributed by atoms with E-state index >= 15 is 0 Å². The van der Waals surface area contributed by atoms with E-state index in [0.717, 1.165) is 0 Å². The molecule has 0 radical (unpaired) electrons. The zero-order valence-corrected chi connectivity index (χ0v) is 9.84. The number of anilines is 1. The molecule has 0 bridgehead atoms. The van der Waals surface area contributed by atoms with E-state index < -0.39 is 10.8 Å². The van der Waals surface area contributed by atoms with E-state index in [9.17, 15) is 9.00 Å². The largest absolute Gasteiger partial charge is 0.382 e. The maximum Gasteiger partial charge on any atom is 0.259 e. The first-order valence-electron chi connectivity index (χ1n) is 5.04. The third-order valence-electron chi connectivity index (χ3n) is 2.65. The van der Waals surface area contributed by atoms with Crippen molar-refractivity contribution >= 4 is 22.5 Å². The summed E-state index contributed by atoms with van der Waals surface area (Å²) in [6.45, 7) is 2.81. The van der Waals surface area contributed by atoms with Crippen molar-refractivity contribution in [1.29, 1.82) is 0 Å². The third kappa shape index (κ3) is 1.95. The lowest BCUT2D eigenvalue weighted by atomic mass is 10.2. The predicted molar refractivity (Wildman–Crippen MR) is 61.5 cm³/mol. The van der Waals surface area contributed by atoms with Crippen LogP contribution < -0.4 is 5.73 Å². The van der Waals surface area contributed by atoms with Crippen LogP contribution in [0, 0.1) is 6.92 Å². The Morgan fingerprint density at radius 3 is 2.62 bits per heavy atom. The molecule has 0 spiro atoms. The van der Waals surface area contributed by atoms with Gasteiger partial charge in [-0.15, -0.1) is 0 Å². The minimum Gasteiger partial charge on any atom is -0.382 e. The fourth-order valence-corrected chi connectivity index (χ4v) is 2.77. The van der Waals surface area contributed by atoms with Crippen molar-refractivity contribution in [2.24, 2.45) is 0 Å². The highest BCUT2D eigenvalue weighted by Gasteiger charge is 2.25. The molecule has 1 aromatic heterocycles. The van der Waals surface area contributed by atoms with Crippen LogP contribution in [-0.4, -0.2) is 49.8 Å². The van der Waals surface area contributed by atoms with Gasteiger partial charge in [-0.2, -0.15) is 5.10 Å². The number of hydrogen-bond acceptors (Lipinski definition) is 4. The van der Waals surface area contributed by atoms with Crippen molar-refractivity contribution in [2.75, 3.05) is 30.3 Å². The lowest BCUT2D eigenvalue weighted by Crippen LogP contribution is -2.42. The zero-order valence-electron chi connectivity index (χ0n) is 9.02. The van der Waals surface area contributed by atoms with Gasteiger partial charge in [-0.3, -0.25) is 14.1 Å². The van der Waals surface area contributed by atoms with Gasteiger partial charge in [-0.05, 0) is 6.92 Å². The summed E-state index contributed by atoms with van der Waals surface area (Å²) < 4.78 is 11.2. The van der Waals surface area contributed by atoms with Crippen molar-refractivity contribution < 1.29 is 9.00 Å². The molecule has 2 heterocycles. The Morgan fingerprint density at radius 1 is 1.50 bits per heavy atom. The lowest BCUT2D eigenvalue weighted by Gasteiger charge is -2.26. The van der Waals surface area contributed by atoms with E-state index in [2.05, 4.69) is 10.2 Å². The van der Waals surface area contributed by atoms with Crippen molar-refractivity contribution in [1.82, 2.24) is 15.1 Å². The highest BCUT2D eigenvalue weighted by Crippen LogP contribution is 2.16. The van der Waals surface area contributed by atoms with Crippen LogP contribution in [-0.2, 0) is 10.8 Å². The number of amides is 1. The Balaban J connectivity index is 2.17. The van der Waals surface area contributed by atoms with Gasteiger partial charge in [0.1, 0.15) is 5.56 Å². The lowest BCUT2D eigenvalue weighted by molar-refractivity contribution is 0.0771. The first-order chi connectivity index (χ1) is 7.59. The topological polar surface area (TPSA) is 92.1 Å². The normalized spacial score (nSPS) is 17.7. The van der Waals surface area contributed by atoms with Gasteiger partial charge in [-0.25, -0.2) is 0 Å². The maximum atomic E-state index is 12.1. The summed E-state index contributed by atoms with van der Waals surface area (Å²) in [5.74, 6) is 1.19. The highest BCUT2D eigenvalue weighted by atomic mass is 32.2. The Labute approximate surface area is 95.6 Å². The fourth-order valence-electron chi connectivity index (χ4n) is 1.72. The second kappa shape index (κ2) is 4.25. The number of carbonyl (C=O) groups excluding carboxylic acids is 1. The summed E-state index contributed by atoms with van der Waals surface area (Å²) >= 11 is 0. The average molecular weight is 242 g/mol. The number of hydrogen-bond donors (Lipinski definition) is 2. The number of aryl methyl sites for hydroxylation is 1. The molecule has 3 N–H and O–H groups in total. The van der Waals surface area contributed by atoms with Crippen LogP contribution in [0.25, 0.3) is 0 Å². The molecular weight excluding hydrogens is 228 g/mol. The second-order valence-corrected chi connectivity index (χ2v) is 5.45. The Kier molecular flexibility index (Phi) is 2.95. The molecule has 0 aliphatic carbocycles. The zero-order chi connectivity index (χ0) is 11.7. The van der Waals surface area contributed by atoms with Crippen LogP contribution in [0.4, 0.5) is 5.82 Å². The quantitative estimate of drug-likeness (QED) is 0.694. The van der Waals surface area contributed by atoms with Crippen molar-refractivity contribution in [2.45, 2.75) is 6.92 Å². The first kappa shape index (κ1) is 11.1. The Hall–Kier alpha value is -1.37. The first-order valence-corrected chi connectivity index (χ1v) is 6.53. The summed E-state index contributed by atoms with van der Waals surface area (Å²) in [5, 5.41) is 6.48. The van der Waals surface area contributed by atoms with Gasteiger partial charge >= 0.3 is 0 Å². The molecule has 2 rings (SSSR count). The molecule has 6 nitrogen and oxygen atoms in total. The molecule has 7 heteroatoms. The molecule has 0 aromatic carbocycles. The molecule has 1 saturated heterocycles. The van der Waals surface area contributed by atoms with Crippen molar-refractivity contribution in [3.8, 4) is 0 Å². The number of H-pyrrole nitrogens is 1. The summed E-state index contributed by atoms with van der Waals surface area (Å²) in [6, 6.07) is 0. The monoisotopic (exact) mass is 242 g/mol. The third-order valence-corrected chi connectivity index (χ3v) is 3.93. The van der Waals surface area contributed by atoms with E-state index in [1.54, 1.807) is 11.8 Å². The van der Waals surface area contributed by atoms with Gasteiger partial charge in [0.05, 0.1) is 0 Å². The van der Waals surface area contributed by atoms with Crippen molar-refractivity contribution in [3.63, 3.8) is 0 Å². The summed E-state index contributed by atoms with van der Waals surface area (Å²) in [4.78, 5) is 13.8. The predicted octanol–water partition coefficient (Wildman–Crippen LogP) is -0.495. The number of aromatic amines is 1. The number of carbonyl (C=O) groups is 1. The molecule has 0 unspecified atom stereocenters. The maximum absolute atomic E-state index is 12.1. The molecule has 1 aliphatic rings.